The lowest BCUT2D eigenvalue weighted by molar-refractivity contribution is -0.137. The van der Waals surface area contributed by atoms with Crippen LogP contribution in [0.4, 0.5) is 13.2 Å². The highest BCUT2D eigenvalue weighted by atomic mass is 35.5. The number of hydrogen-bond acceptors (Lipinski definition) is 3. The van der Waals surface area contributed by atoms with Gasteiger partial charge in [0.1, 0.15) is 0 Å². The highest BCUT2D eigenvalue weighted by Crippen LogP contribution is 2.30. The van der Waals surface area contributed by atoms with E-state index in [9.17, 15) is 13.2 Å². The summed E-state index contributed by atoms with van der Waals surface area (Å²) in [7, 11) is 0. The number of aromatic amines is 1. The normalized spacial score (nSPS) is 12.0. The molecule has 3 aromatic rings. The molecule has 0 amide bonds. The molecule has 0 aliphatic carbocycles. The van der Waals surface area contributed by atoms with Crippen LogP contribution in [0.25, 0.3) is 11.4 Å². The fourth-order valence-corrected chi connectivity index (χ4v) is 2.80. The van der Waals surface area contributed by atoms with Gasteiger partial charge in [-0.3, -0.25) is 0 Å². The van der Waals surface area contributed by atoms with Gasteiger partial charge in [0.15, 0.2) is 5.82 Å². The summed E-state index contributed by atoms with van der Waals surface area (Å²) in [6.45, 7) is 0. The van der Waals surface area contributed by atoms with Gasteiger partial charge in [0.25, 0.3) is 0 Å². The van der Waals surface area contributed by atoms with Crippen LogP contribution in [-0.2, 0) is 6.18 Å². The third-order valence-corrected chi connectivity index (χ3v) is 4.19. The van der Waals surface area contributed by atoms with Crippen molar-refractivity contribution in [2.24, 2.45) is 5.10 Å². The minimum absolute atomic E-state index is 0.203. The Morgan fingerprint density at radius 2 is 1.81 bits per heavy atom. The summed E-state index contributed by atoms with van der Waals surface area (Å²) >= 11 is 17.2. The number of alkyl halides is 3. The lowest BCUT2D eigenvalue weighted by atomic mass is 10.1. The second kappa shape index (κ2) is 7.22. The first-order valence-corrected chi connectivity index (χ1v) is 8.26. The van der Waals surface area contributed by atoms with E-state index in [1.807, 2.05) is 0 Å². The quantitative estimate of drug-likeness (QED) is 0.432. The third-order valence-electron chi connectivity index (χ3n) is 3.38. The number of rotatable bonds is 3. The first-order valence-electron chi connectivity index (χ1n) is 7.10. The smallest absolute Gasteiger partial charge is 0.250 e. The molecule has 134 valence electrons. The van der Waals surface area contributed by atoms with Crippen molar-refractivity contribution in [2.75, 3.05) is 0 Å². The van der Waals surface area contributed by atoms with Crippen molar-refractivity contribution in [1.82, 2.24) is 14.9 Å². The largest absolute Gasteiger partial charge is 0.416 e. The summed E-state index contributed by atoms with van der Waals surface area (Å²) in [4.78, 5) is 0. The van der Waals surface area contributed by atoms with Gasteiger partial charge in [-0.25, -0.2) is 5.10 Å². The van der Waals surface area contributed by atoms with E-state index in [-0.39, 0.29) is 4.77 Å². The molecular weight excluding hydrogens is 408 g/mol. The molecule has 26 heavy (non-hydrogen) atoms. The zero-order valence-corrected chi connectivity index (χ0v) is 15.1. The fraction of sp³-hybridized carbons (Fsp3) is 0.0625. The maximum atomic E-state index is 12.6. The molecule has 0 radical (unpaired) electrons. The molecule has 0 bridgehead atoms. The van der Waals surface area contributed by atoms with Crippen LogP contribution in [0.3, 0.4) is 0 Å². The van der Waals surface area contributed by atoms with Crippen molar-refractivity contribution in [1.29, 1.82) is 0 Å². The van der Waals surface area contributed by atoms with Gasteiger partial charge in [0.2, 0.25) is 4.77 Å². The molecule has 1 aromatic heterocycles. The number of aromatic nitrogens is 3. The number of nitrogens with one attached hydrogen (secondary N) is 1. The number of hydrogen-bond donors (Lipinski definition) is 1. The molecular formula is C16H9Cl2F3N4S. The van der Waals surface area contributed by atoms with E-state index in [1.165, 1.54) is 23.0 Å². The van der Waals surface area contributed by atoms with E-state index in [0.29, 0.717) is 27.0 Å². The molecule has 0 aliphatic heterocycles. The number of benzene rings is 2. The van der Waals surface area contributed by atoms with Crippen molar-refractivity contribution in [3.8, 4) is 11.4 Å². The van der Waals surface area contributed by atoms with Crippen LogP contribution in [-0.4, -0.2) is 21.1 Å². The van der Waals surface area contributed by atoms with Crippen LogP contribution < -0.4 is 0 Å². The molecule has 2 aromatic carbocycles. The lowest BCUT2D eigenvalue weighted by Gasteiger charge is -2.06. The molecule has 1 heterocycles. The van der Waals surface area contributed by atoms with E-state index in [1.54, 1.807) is 18.2 Å². The van der Waals surface area contributed by atoms with Gasteiger partial charge in [0, 0.05) is 10.6 Å². The number of nitrogens with zero attached hydrogens (tertiary/aromatic N) is 3. The molecule has 3 rings (SSSR count). The Morgan fingerprint density at radius 3 is 2.42 bits per heavy atom. The van der Waals surface area contributed by atoms with Gasteiger partial charge in [-0.2, -0.15) is 28.0 Å². The van der Waals surface area contributed by atoms with Crippen LogP contribution in [0, 0.1) is 4.77 Å². The Morgan fingerprint density at radius 1 is 1.12 bits per heavy atom. The Hall–Kier alpha value is -2.16. The van der Waals surface area contributed by atoms with Crippen LogP contribution in [0.1, 0.15) is 11.1 Å². The lowest BCUT2D eigenvalue weighted by Crippen LogP contribution is -2.04. The van der Waals surface area contributed by atoms with Gasteiger partial charge in [-0.05, 0) is 48.1 Å². The van der Waals surface area contributed by atoms with Crippen molar-refractivity contribution < 1.29 is 13.2 Å². The molecule has 0 fully saturated rings. The molecule has 4 nitrogen and oxygen atoms in total. The summed E-state index contributed by atoms with van der Waals surface area (Å²) in [6.07, 6.45) is -3.01. The monoisotopic (exact) mass is 416 g/mol. The van der Waals surface area contributed by atoms with Crippen molar-refractivity contribution in [2.45, 2.75) is 6.18 Å². The topological polar surface area (TPSA) is 46.0 Å². The third kappa shape index (κ3) is 3.98. The maximum absolute atomic E-state index is 12.6. The van der Waals surface area contributed by atoms with Crippen molar-refractivity contribution >= 4 is 41.6 Å². The molecule has 0 aliphatic rings. The predicted molar refractivity (Wildman–Crippen MR) is 97.3 cm³/mol. The molecule has 1 N–H and O–H groups in total. The fourth-order valence-electron chi connectivity index (χ4n) is 2.13. The standard InChI is InChI=1S/C16H9Cl2F3N4S/c17-11-5-6-12(13(18)7-11)14-23-24-15(26)25(14)22-8-9-1-3-10(4-2-9)16(19,20)21/h1-8H,(H,24,26)/b22-8+. The zero-order chi connectivity index (χ0) is 18.9. The minimum Gasteiger partial charge on any atom is -0.250 e. The van der Waals surface area contributed by atoms with Crippen molar-refractivity contribution in [3.63, 3.8) is 0 Å². The average molecular weight is 417 g/mol. The SMILES string of the molecule is FC(F)(F)c1ccc(/C=N/n2c(-c3ccc(Cl)cc3Cl)n[nH]c2=S)cc1. The minimum atomic E-state index is -4.39. The average Bonchev–Trinajstić information content (AvgIpc) is 2.93. The summed E-state index contributed by atoms with van der Waals surface area (Å²) in [5.74, 6) is 0.347. The van der Waals surface area contributed by atoms with E-state index in [2.05, 4.69) is 15.3 Å². The molecule has 10 heteroatoms. The number of H-pyrrole nitrogens is 1. The predicted octanol–water partition coefficient (Wildman–Crippen LogP) is 5.82. The summed E-state index contributed by atoms with van der Waals surface area (Å²) in [6, 6.07) is 9.44. The summed E-state index contributed by atoms with van der Waals surface area (Å²) in [5, 5.41) is 11.7. The maximum Gasteiger partial charge on any atom is 0.416 e. The summed E-state index contributed by atoms with van der Waals surface area (Å²) < 4.78 is 39.3. The second-order valence-corrected chi connectivity index (χ2v) is 6.38. The van der Waals surface area contributed by atoms with Gasteiger partial charge < -0.3 is 0 Å². The van der Waals surface area contributed by atoms with E-state index >= 15 is 0 Å². The van der Waals surface area contributed by atoms with Crippen molar-refractivity contribution in [3.05, 3.63) is 68.4 Å². The first-order chi connectivity index (χ1) is 12.3. The van der Waals surface area contributed by atoms with Crippen LogP contribution in [0.2, 0.25) is 10.0 Å². The van der Waals surface area contributed by atoms with Crippen LogP contribution in [0.15, 0.2) is 47.6 Å². The van der Waals surface area contributed by atoms with Gasteiger partial charge in [-0.15, -0.1) is 0 Å². The first kappa shape index (κ1) is 18.6. The Labute approximate surface area is 160 Å². The summed E-state index contributed by atoms with van der Waals surface area (Å²) in [5.41, 5.74) is 0.283. The molecule has 0 saturated heterocycles. The molecule has 0 atom stereocenters. The van der Waals surface area contributed by atoms with E-state index in [0.717, 1.165) is 12.1 Å². The van der Waals surface area contributed by atoms with Gasteiger partial charge in [-0.1, -0.05) is 35.3 Å². The van der Waals surface area contributed by atoms with E-state index in [4.69, 9.17) is 35.4 Å². The highest BCUT2D eigenvalue weighted by Gasteiger charge is 2.29. The Kier molecular flexibility index (Phi) is 5.17. The van der Waals surface area contributed by atoms with Gasteiger partial charge >= 0.3 is 6.18 Å². The molecule has 0 unspecified atom stereocenters. The molecule has 0 saturated carbocycles. The number of halogens is 5. The Balaban J connectivity index is 1.95. The highest BCUT2D eigenvalue weighted by molar-refractivity contribution is 7.71. The Bertz CT molecular complexity index is 1020. The van der Waals surface area contributed by atoms with Gasteiger partial charge in [0.05, 0.1) is 16.8 Å². The van der Waals surface area contributed by atoms with E-state index < -0.39 is 11.7 Å². The second-order valence-electron chi connectivity index (χ2n) is 5.15. The van der Waals surface area contributed by atoms with Crippen LogP contribution >= 0.6 is 35.4 Å². The molecule has 0 spiro atoms. The zero-order valence-electron chi connectivity index (χ0n) is 12.8. The van der Waals surface area contributed by atoms with Crippen LogP contribution in [0.5, 0.6) is 0 Å².